The number of aromatic hydroxyl groups is 2. The lowest BCUT2D eigenvalue weighted by Gasteiger charge is -2.41. The van der Waals surface area contributed by atoms with Gasteiger partial charge < -0.3 is 38.9 Å². The normalized spacial score (nSPS) is 18.3. The molecule has 4 N–H and O–H groups in total. The third kappa shape index (κ3) is 3.45. The first-order valence-corrected chi connectivity index (χ1v) is 11.8. The highest BCUT2D eigenvalue weighted by atomic mass is 16.5. The van der Waals surface area contributed by atoms with E-state index < -0.39 is 28.9 Å². The molecule has 38 heavy (non-hydrogen) atoms. The van der Waals surface area contributed by atoms with E-state index in [9.17, 15) is 24.9 Å². The van der Waals surface area contributed by atoms with Crippen molar-refractivity contribution in [3.8, 4) is 28.7 Å². The summed E-state index contributed by atoms with van der Waals surface area (Å²) in [7, 11) is 1.43. The number of pyridine rings is 1. The lowest BCUT2D eigenvalue weighted by atomic mass is 9.87. The average Bonchev–Trinajstić information content (AvgIpc) is 2.87. The van der Waals surface area contributed by atoms with Crippen LogP contribution in [0.5, 0.6) is 28.7 Å². The van der Waals surface area contributed by atoms with E-state index in [1.165, 1.54) is 37.4 Å². The third-order valence-electron chi connectivity index (χ3n) is 6.88. The molecule has 0 saturated heterocycles. The zero-order valence-corrected chi connectivity index (χ0v) is 20.6. The minimum atomic E-state index is -1.28. The lowest BCUT2D eigenvalue weighted by Crippen LogP contribution is -2.50. The molecule has 3 aromatic carbocycles. The van der Waals surface area contributed by atoms with Gasteiger partial charge in [-0.15, -0.1) is 0 Å². The number of benzene rings is 3. The summed E-state index contributed by atoms with van der Waals surface area (Å²) in [5.41, 5.74) is -1.38. The summed E-state index contributed by atoms with van der Waals surface area (Å²) in [5, 5.41) is 33.5. The van der Waals surface area contributed by atoms with Crippen LogP contribution in [-0.2, 0) is 0 Å². The average molecular weight is 517 g/mol. The van der Waals surface area contributed by atoms with Crippen molar-refractivity contribution in [2.75, 3.05) is 7.11 Å². The van der Waals surface area contributed by atoms with E-state index in [1.54, 1.807) is 32.0 Å². The minimum Gasteiger partial charge on any atom is -0.507 e. The van der Waals surface area contributed by atoms with Crippen molar-refractivity contribution >= 4 is 32.8 Å². The second-order valence-corrected chi connectivity index (χ2v) is 9.70. The van der Waals surface area contributed by atoms with Crippen molar-refractivity contribution in [3.05, 3.63) is 74.7 Å². The van der Waals surface area contributed by atoms with Gasteiger partial charge in [-0.1, -0.05) is 0 Å². The maximum Gasteiger partial charge on any atom is 0.336 e. The van der Waals surface area contributed by atoms with Crippen LogP contribution in [0.25, 0.3) is 32.8 Å². The van der Waals surface area contributed by atoms with Gasteiger partial charge in [0.15, 0.2) is 17.6 Å². The summed E-state index contributed by atoms with van der Waals surface area (Å²) in [6.07, 6.45) is -2.45. The highest BCUT2D eigenvalue weighted by Gasteiger charge is 2.46. The van der Waals surface area contributed by atoms with Crippen LogP contribution in [0.1, 0.15) is 25.5 Å². The van der Waals surface area contributed by atoms with Crippen LogP contribution in [0.2, 0.25) is 0 Å². The van der Waals surface area contributed by atoms with Gasteiger partial charge in [-0.3, -0.25) is 4.79 Å². The van der Waals surface area contributed by atoms with E-state index >= 15 is 0 Å². The second kappa shape index (κ2) is 8.15. The molecular weight excluding hydrogens is 494 g/mol. The number of aromatic nitrogens is 1. The van der Waals surface area contributed by atoms with Gasteiger partial charge in [0.25, 0.3) is 0 Å². The minimum absolute atomic E-state index is 0.0419. The van der Waals surface area contributed by atoms with Gasteiger partial charge in [-0.25, -0.2) is 4.79 Å². The van der Waals surface area contributed by atoms with Crippen molar-refractivity contribution < 1.29 is 33.9 Å². The predicted octanol–water partition coefficient (Wildman–Crippen LogP) is 3.86. The first kappa shape index (κ1) is 23.7. The molecule has 0 saturated carbocycles. The molecule has 10 heteroatoms. The molecule has 0 spiro atoms. The highest BCUT2D eigenvalue weighted by molar-refractivity contribution is 5.99. The number of aliphatic hydroxyl groups is 1. The Labute approximate surface area is 214 Å². The van der Waals surface area contributed by atoms with Crippen LogP contribution in [0.15, 0.2) is 62.5 Å². The number of H-pyrrole nitrogens is 1. The number of hydrogen-bond donors (Lipinski definition) is 4. The van der Waals surface area contributed by atoms with Crippen LogP contribution in [-0.4, -0.2) is 39.1 Å². The number of fused-ring (bicyclic) bond motifs is 5. The number of phenols is 2. The number of phenolic OH excluding ortho intramolecular Hbond substituents is 2. The second-order valence-electron chi connectivity index (χ2n) is 9.70. The van der Waals surface area contributed by atoms with Gasteiger partial charge in [0.2, 0.25) is 5.43 Å². The van der Waals surface area contributed by atoms with Gasteiger partial charge >= 0.3 is 5.63 Å². The van der Waals surface area contributed by atoms with Gasteiger partial charge in [0, 0.05) is 23.6 Å². The standard InChI is InChI=1S/C28H23NO9/c1-28(2)27(34)26(21-18(38-28)8-4-12-5-9-19(32)36-24(12)21)37-25-16(30)7-6-14-22(25)29-15-10-13(35-3)11-17(31)20(15)23(14)33/h4-11,26-27,30-31,34H,1-3H3,(H,29,33)/t26-,27+/m1/s1. The Morgan fingerprint density at radius 2 is 1.76 bits per heavy atom. The summed E-state index contributed by atoms with van der Waals surface area (Å²) in [6, 6.07) is 11.8. The molecule has 1 aliphatic heterocycles. The summed E-state index contributed by atoms with van der Waals surface area (Å²) in [6.45, 7) is 3.35. The fourth-order valence-electron chi connectivity index (χ4n) is 4.94. The number of hydrogen-bond acceptors (Lipinski definition) is 9. The Balaban J connectivity index is 1.62. The lowest BCUT2D eigenvalue weighted by molar-refractivity contribution is -0.102. The Morgan fingerprint density at radius 1 is 1.00 bits per heavy atom. The number of methoxy groups -OCH3 is 1. The summed E-state index contributed by atoms with van der Waals surface area (Å²) < 4.78 is 23.0. The molecule has 0 bridgehead atoms. The van der Waals surface area contributed by atoms with Crippen LogP contribution in [0.3, 0.4) is 0 Å². The van der Waals surface area contributed by atoms with Crippen LogP contribution < -0.4 is 25.3 Å². The SMILES string of the molecule is COc1cc(O)c2c(=O)c3ccc(O)c(O[C@@H]4c5c(ccc6ccc(=O)oc56)OC(C)(C)[C@H]4O)c3[nH]c2c1. The molecule has 2 atom stereocenters. The largest absolute Gasteiger partial charge is 0.507 e. The maximum atomic E-state index is 13.4. The number of aromatic amines is 1. The Hall–Kier alpha value is -4.70. The molecule has 2 aromatic heterocycles. The van der Waals surface area contributed by atoms with E-state index in [0.717, 1.165) is 0 Å². The maximum absolute atomic E-state index is 13.4. The number of rotatable bonds is 3. The first-order valence-electron chi connectivity index (χ1n) is 11.8. The van der Waals surface area contributed by atoms with E-state index in [4.69, 9.17) is 18.6 Å². The van der Waals surface area contributed by atoms with E-state index in [0.29, 0.717) is 16.9 Å². The topological polar surface area (TPSA) is 151 Å². The fourth-order valence-corrected chi connectivity index (χ4v) is 4.94. The Kier molecular flexibility index (Phi) is 5.08. The zero-order chi connectivity index (χ0) is 26.9. The van der Waals surface area contributed by atoms with Crippen molar-refractivity contribution in [2.45, 2.75) is 31.7 Å². The summed E-state index contributed by atoms with van der Waals surface area (Å²) >= 11 is 0. The molecular formula is C28H23NO9. The first-order chi connectivity index (χ1) is 18.1. The van der Waals surface area contributed by atoms with Crippen molar-refractivity contribution in [3.63, 3.8) is 0 Å². The van der Waals surface area contributed by atoms with Crippen molar-refractivity contribution in [1.29, 1.82) is 0 Å². The number of nitrogens with one attached hydrogen (secondary N) is 1. The predicted molar refractivity (Wildman–Crippen MR) is 139 cm³/mol. The number of aliphatic hydroxyl groups excluding tert-OH is 1. The molecule has 194 valence electrons. The third-order valence-corrected chi connectivity index (χ3v) is 6.88. The number of ether oxygens (including phenoxy) is 3. The fraction of sp³-hybridized carbons (Fsp3) is 0.214. The Bertz CT molecular complexity index is 1890. The molecule has 0 fully saturated rings. The van der Waals surface area contributed by atoms with Crippen molar-refractivity contribution in [1.82, 2.24) is 4.98 Å². The summed E-state index contributed by atoms with van der Waals surface area (Å²) in [4.78, 5) is 28.5. The molecule has 0 unspecified atom stereocenters. The van der Waals surface area contributed by atoms with Crippen LogP contribution >= 0.6 is 0 Å². The molecule has 6 rings (SSSR count). The smallest absolute Gasteiger partial charge is 0.336 e. The monoisotopic (exact) mass is 517 g/mol. The molecule has 0 radical (unpaired) electrons. The van der Waals surface area contributed by atoms with Crippen molar-refractivity contribution in [2.24, 2.45) is 0 Å². The van der Waals surface area contributed by atoms with Gasteiger partial charge in [0.05, 0.1) is 34.5 Å². The molecule has 10 nitrogen and oxygen atoms in total. The van der Waals surface area contributed by atoms with E-state index in [1.807, 2.05) is 0 Å². The molecule has 3 heterocycles. The van der Waals surface area contributed by atoms with E-state index in [2.05, 4.69) is 4.98 Å². The van der Waals surface area contributed by atoms with Gasteiger partial charge in [-0.05, 0) is 44.2 Å². The van der Waals surface area contributed by atoms with Gasteiger partial charge in [-0.2, -0.15) is 0 Å². The quantitative estimate of drug-likeness (QED) is 0.206. The van der Waals surface area contributed by atoms with E-state index in [-0.39, 0.29) is 50.2 Å². The van der Waals surface area contributed by atoms with Crippen LogP contribution in [0.4, 0.5) is 0 Å². The van der Waals surface area contributed by atoms with Gasteiger partial charge in [0.1, 0.15) is 34.5 Å². The molecule has 1 aliphatic rings. The zero-order valence-electron chi connectivity index (χ0n) is 20.6. The highest BCUT2D eigenvalue weighted by Crippen LogP contribution is 2.47. The molecule has 0 amide bonds. The molecule has 5 aromatic rings. The molecule has 0 aliphatic carbocycles. The Morgan fingerprint density at radius 3 is 2.53 bits per heavy atom. The summed E-state index contributed by atoms with van der Waals surface area (Å²) in [5.74, 6) is -0.0497. The van der Waals surface area contributed by atoms with Crippen LogP contribution in [0, 0.1) is 0 Å².